The number of halogens is 2. The first-order valence-electron chi connectivity index (χ1n) is 9.87. The molecule has 1 fully saturated rings. The Bertz CT molecular complexity index is 649. The highest BCUT2D eigenvalue weighted by atomic mass is 127. The van der Waals surface area contributed by atoms with Crippen molar-refractivity contribution in [3.05, 3.63) is 35.6 Å². The number of hydrogen-bond donors (Lipinski definition) is 3. The maximum Gasteiger partial charge on any atom is 0.234 e. The fraction of sp³-hybridized carbons (Fsp3) is 0.600. The lowest BCUT2D eigenvalue weighted by molar-refractivity contribution is -0.123. The zero-order chi connectivity index (χ0) is 20.5. The molecule has 1 aliphatic heterocycles. The monoisotopic (exact) mass is 521 g/mol. The van der Waals surface area contributed by atoms with E-state index in [1.165, 1.54) is 12.1 Å². The molecular formula is C20H33FIN5O2. The van der Waals surface area contributed by atoms with Crippen LogP contribution in [0.3, 0.4) is 0 Å². The highest BCUT2D eigenvalue weighted by Gasteiger charge is 2.21. The second-order valence-electron chi connectivity index (χ2n) is 7.25. The maximum atomic E-state index is 13.0. The Morgan fingerprint density at radius 3 is 2.38 bits per heavy atom. The molecule has 1 amide bonds. The zero-order valence-electron chi connectivity index (χ0n) is 17.4. The van der Waals surface area contributed by atoms with Gasteiger partial charge in [-0.15, -0.1) is 24.0 Å². The Labute approximate surface area is 189 Å². The standard InChI is InChI=1S/C20H32FN5O2.HI/c1-4-22-20(23-13-18(27)16-5-7-17(21)8-6-16)26-11-9-25(10-12-26)14-19(28)24-15(2)3;/h5-8,15,18,27H,4,9-14H2,1-3H3,(H,22,23)(H,24,28);1H. The molecule has 3 N–H and O–H groups in total. The summed E-state index contributed by atoms with van der Waals surface area (Å²) >= 11 is 0. The van der Waals surface area contributed by atoms with E-state index in [1.54, 1.807) is 12.1 Å². The topological polar surface area (TPSA) is 80.2 Å². The molecule has 1 saturated heterocycles. The summed E-state index contributed by atoms with van der Waals surface area (Å²) in [5.41, 5.74) is 0.641. The number of hydrogen-bond acceptors (Lipinski definition) is 4. The van der Waals surface area contributed by atoms with Gasteiger partial charge in [0, 0.05) is 38.8 Å². The second-order valence-corrected chi connectivity index (χ2v) is 7.25. The summed E-state index contributed by atoms with van der Waals surface area (Å²) in [7, 11) is 0. The smallest absolute Gasteiger partial charge is 0.234 e. The molecule has 1 aromatic carbocycles. The second kappa shape index (κ2) is 13.0. The average Bonchev–Trinajstić information content (AvgIpc) is 2.65. The molecule has 1 aliphatic rings. The largest absolute Gasteiger partial charge is 0.386 e. The van der Waals surface area contributed by atoms with Gasteiger partial charge in [0.25, 0.3) is 0 Å². The number of piperazine rings is 1. The van der Waals surface area contributed by atoms with Crippen LogP contribution in [-0.2, 0) is 4.79 Å². The first-order chi connectivity index (χ1) is 13.4. The van der Waals surface area contributed by atoms with Crippen LogP contribution in [0.25, 0.3) is 0 Å². The molecule has 9 heteroatoms. The summed E-state index contributed by atoms with van der Waals surface area (Å²) < 4.78 is 13.0. The van der Waals surface area contributed by atoms with Gasteiger partial charge in [-0.2, -0.15) is 0 Å². The summed E-state index contributed by atoms with van der Waals surface area (Å²) in [4.78, 5) is 20.7. The van der Waals surface area contributed by atoms with Crippen molar-refractivity contribution in [1.82, 2.24) is 20.4 Å². The Hall–Kier alpha value is -1.46. The van der Waals surface area contributed by atoms with E-state index >= 15 is 0 Å². The minimum absolute atomic E-state index is 0. The van der Waals surface area contributed by atoms with E-state index in [1.807, 2.05) is 20.8 Å². The molecule has 1 heterocycles. The number of rotatable bonds is 7. The summed E-state index contributed by atoms with van der Waals surface area (Å²) in [6.07, 6.45) is -0.782. The van der Waals surface area contributed by atoms with Crippen molar-refractivity contribution in [3.63, 3.8) is 0 Å². The van der Waals surface area contributed by atoms with E-state index in [4.69, 9.17) is 0 Å². The fourth-order valence-electron chi connectivity index (χ4n) is 3.08. The molecule has 1 aromatic rings. The molecule has 0 spiro atoms. The Kier molecular flexibility index (Phi) is 11.4. The number of aliphatic imine (C=N–C) groups is 1. The quantitative estimate of drug-likeness (QED) is 0.289. The van der Waals surface area contributed by atoms with Gasteiger partial charge < -0.3 is 20.6 Å². The first kappa shape index (κ1) is 25.6. The van der Waals surface area contributed by atoms with Crippen LogP contribution in [0.1, 0.15) is 32.4 Å². The van der Waals surface area contributed by atoms with Crippen LogP contribution in [0.15, 0.2) is 29.3 Å². The Morgan fingerprint density at radius 2 is 1.83 bits per heavy atom. The molecule has 1 atom stereocenters. The van der Waals surface area contributed by atoms with Gasteiger partial charge in [0.05, 0.1) is 19.2 Å². The van der Waals surface area contributed by atoms with Crippen LogP contribution < -0.4 is 10.6 Å². The van der Waals surface area contributed by atoms with E-state index in [0.29, 0.717) is 12.1 Å². The van der Waals surface area contributed by atoms with Crippen molar-refractivity contribution in [1.29, 1.82) is 0 Å². The predicted octanol–water partition coefficient (Wildman–Crippen LogP) is 1.58. The third-order valence-electron chi connectivity index (χ3n) is 4.49. The van der Waals surface area contributed by atoms with E-state index in [9.17, 15) is 14.3 Å². The minimum atomic E-state index is -0.782. The highest BCUT2D eigenvalue weighted by Crippen LogP contribution is 2.14. The molecule has 0 aliphatic carbocycles. The number of nitrogens with one attached hydrogen (secondary N) is 2. The maximum absolute atomic E-state index is 13.0. The van der Waals surface area contributed by atoms with Gasteiger partial charge in [0.2, 0.25) is 5.91 Å². The first-order valence-corrected chi connectivity index (χ1v) is 9.87. The molecule has 164 valence electrons. The van der Waals surface area contributed by atoms with Crippen LogP contribution in [0.2, 0.25) is 0 Å². The summed E-state index contributed by atoms with van der Waals surface area (Å²) in [5.74, 6) is 0.467. The predicted molar refractivity (Wildman–Crippen MR) is 124 cm³/mol. The average molecular weight is 521 g/mol. The van der Waals surface area contributed by atoms with Gasteiger partial charge in [-0.3, -0.25) is 14.7 Å². The van der Waals surface area contributed by atoms with Crippen LogP contribution in [0.5, 0.6) is 0 Å². The van der Waals surface area contributed by atoms with E-state index in [-0.39, 0.29) is 48.3 Å². The van der Waals surface area contributed by atoms with E-state index in [2.05, 4.69) is 25.4 Å². The number of aliphatic hydroxyl groups is 1. The molecule has 0 radical (unpaired) electrons. The normalized spacial score (nSPS) is 16.3. The molecule has 1 unspecified atom stereocenters. The molecule has 0 aromatic heterocycles. The minimum Gasteiger partial charge on any atom is -0.386 e. The fourth-order valence-corrected chi connectivity index (χ4v) is 3.08. The molecule has 7 nitrogen and oxygen atoms in total. The van der Waals surface area contributed by atoms with Gasteiger partial charge in [-0.25, -0.2) is 4.39 Å². The number of guanidine groups is 1. The van der Waals surface area contributed by atoms with Crippen molar-refractivity contribution >= 4 is 35.8 Å². The van der Waals surface area contributed by atoms with E-state index in [0.717, 1.165) is 38.7 Å². The molecule has 2 rings (SSSR count). The third-order valence-corrected chi connectivity index (χ3v) is 4.49. The van der Waals surface area contributed by atoms with Crippen LogP contribution >= 0.6 is 24.0 Å². The zero-order valence-corrected chi connectivity index (χ0v) is 19.7. The Balaban J connectivity index is 0.00000420. The number of aliphatic hydroxyl groups excluding tert-OH is 1. The van der Waals surface area contributed by atoms with Crippen molar-refractivity contribution < 1.29 is 14.3 Å². The van der Waals surface area contributed by atoms with Crippen molar-refractivity contribution in [2.45, 2.75) is 32.9 Å². The van der Waals surface area contributed by atoms with Crippen LogP contribution in [-0.4, -0.2) is 78.6 Å². The van der Waals surface area contributed by atoms with E-state index < -0.39 is 6.10 Å². The Morgan fingerprint density at radius 1 is 1.21 bits per heavy atom. The molecular weight excluding hydrogens is 488 g/mol. The van der Waals surface area contributed by atoms with Crippen molar-refractivity contribution in [3.8, 4) is 0 Å². The highest BCUT2D eigenvalue weighted by molar-refractivity contribution is 14.0. The van der Waals surface area contributed by atoms with Gasteiger partial charge in [-0.1, -0.05) is 12.1 Å². The van der Waals surface area contributed by atoms with Gasteiger partial charge in [0.1, 0.15) is 5.82 Å². The van der Waals surface area contributed by atoms with Gasteiger partial charge >= 0.3 is 0 Å². The number of carbonyl (C=O) groups is 1. The van der Waals surface area contributed by atoms with Crippen molar-refractivity contribution in [2.24, 2.45) is 4.99 Å². The lowest BCUT2D eigenvalue weighted by atomic mass is 10.1. The lowest BCUT2D eigenvalue weighted by Crippen LogP contribution is -2.54. The van der Waals surface area contributed by atoms with Gasteiger partial charge in [-0.05, 0) is 38.5 Å². The summed E-state index contributed by atoms with van der Waals surface area (Å²) in [6, 6.07) is 5.96. The number of benzene rings is 1. The van der Waals surface area contributed by atoms with Crippen LogP contribution in [0, 0.1) is 5.82 Å². The molecule has 0 saturated carbocycles. The van der Waals surface area contributed by atoms with Crippen molar-refractivity contribution in [2.75, 3.05) is 45.8 Å². The number of nitrogens with zero attached hydrogens (tertiary/aromatic N) is 3. The number of carbonyl (C=O) groups excluding carboxylic acids is 1. The summed E-state index contributed by atoms with van der Waals surface area (Å²) in [6.45, 7) is 10.3. The molecule has 0 bridgehead atoms. The third kappa shape index (κ3) is 8.83. The lowest BCUT2D eigenvalue weighted by Gasteiger charge is -2.36. The number of amides is 1. The summed E-state index contributed by atoms with van der Waals surface area (Å²) in [5, 5.41) is 16.5. The molecule has 29 heavy (non-hydrogen) atoms. The SMILES string of the molecule is CCNC(=NCC(O)c1ccc(F)cc1)N1CCN(CC(=O)NC(C)C)CC1.I. The van der Waals surface area contributed by atoms with Crippen LogP contribution in [0.4, 0.5) is 4.39 Å². The van der Waals surface area contributed by atoms with Gasteiger partial charge in [0.15, 0.2) is 5.96 Å².